The monoisotopic (exact) mass is 442 g/mol. The number of nitrogens with zero attached hydrogens (tertiary/aromatic N) is 2. The SMILES string of the molecule is CCCCCC(NC(=N)N(C#N)c1cccc(C(=O)OCC)c1)Oc1ccc(Cl)cc1. The van der Waals surface area contributed by atoms with Crippen LogP contribution in [0.2, 0.25) is 5.02 Å². The number of unbranched alkanes of at least 4 members (excludes halogenated alkanes) is 2. The van der Waals surface area contributed by atoms with Crippen molar-refractivity contribution >= 4 is 29.2 Å². The molecule has 0 aliphatic rings. The standard InChI is InChI=1S/C23H27ClN4O3/c1-3-5-6-10-21(31-20-13-11-18(24)12-14-20)27-23(26)28(16-25)19-9-7-8-17(15-19)22(29)30-4-2/h7-9,11-15,21H,3-6,10H2,1-2H3,(H2,26,27). The van der Waals surface area contributed by atoms with Crippen molar-refractivity contribution in [2.75, 3.05) is 11.5 Å². The first-order valence-corrected chi connectivity index (χ1v) is 10.6. The maximum absolute atomic E-state index is 12.0. The van der Waals surface area contributed by atoms with Crippen molar-refractivity contribution in [1.29, 1.82) is 10.7 Å². The molecule has 0 aliphatic carbocycles. The fourth-order valence-corrected chi connectivity index (χ4v) is 2.98. The van der Waals surface area contributed by atoms with E-state index < -0.39 is 12.2 Å². The van der Waals surface area contributed by atoms with Gasteiger partial charge in [0.2, 0.25) is 5.96 Å². The average molecular weight is 443 g/mol. The first-order chi connectivity index (χ1) is 15.0. The molecule has 0 aliphatic heterocycles. The smallest absolute Gasteiger partial charge is 0.338 e. The zero-order valence-corrected chi connectivity index (χ0v) is 18.5. The molecule has 2 N–H and O–H groups in total. The number of nitrogens with one attached hydrogen (secondary N) is 2. The summed E-state index contributed by atoms with van der Waals surface area (Å²) in [4.78, 5) is 13.1. The summed E-state index contributed by atoms with van der Waals surface area (Å²) in [6.45, 7) is 4.09. The Labute approximate surface area is 188 Å². The number of rotatable bonds is 10. The highest BCUT2D eigenvalue weighted by Crippen LogP contribution is 2.20. The Balaban J connectivity index is 2.15. The van der Waals surface area contributed by atoms with Crippen molar-refractivity contribution in [3.8, 4) is 11.9 Å². The molecule has 0 amide bonds. The number of carbonyl (C=O) groups is 1. The van der Waals surface area contributed by atoms with Crippen LogP contribution in [0.15, 0.2) is 48.5 Å². The molecule has 0 fully saturated rings. The van der Waals surface area contributed by atoms with Crippen molar-refractivity contribution in [2.45, 2.75) is 45.8 Å². The van der Waals surface area contributed by atoms with Crippen LogP contribution in [0.1, 0.15) is 49.9 Å². The molecular weight excluding hydrogens is 416 g/mol. The van der Waals surface area contributed by atoms with Gasteiger partial charge >= 0.3 is 5.97 Å². The van der Waals surface area contributed by atoms with Gasteiger partial charge in [0.1, 0.15) is 5.75 Å². The number of hydrogen-bond acceptors (Lipinski definition) is 5. The van der Waals surface area contributed by atoms with Gasteiger partial charge in [-0.25, -0.2) is 9.69 Å². The van der Waals surface area contributed by atoms with Gasteiger partial charge in [-0.2, -0.15) is 5.26 Å². The van der Waals surface area contributed by atoms with Gasteiger partial charge in [0, 0.05) is 11.4 Å². The van der Waals surface area contributed by atoms with E-state index in [0.717, 1.165) is 24.2 Å². The van der Waals surface area contributed by atoms with Gasteiger partial charge in [0.15, 0.2) is 12.4 Å². The van der Waals surface area contributed by atoms with Crippen LogP contribution in [-0.4, -0.2) is 24.8 Å². The minimum absolute atomic E-state index is 0.154. The summed E-state index contributed by atoms with van der Waals surface area (Å²) in [7, 11) is 0. The van der Waals surface area contributed by atoms with Gasteiger partial charge < -0.3 is 14.8 Å². The van der Waals surface area contributed by atoms with Crippen LogP contribution in [0.5, 0.6) is 5.75 Å². The predicted octanol–water partition coefficient (Wildman–Crippen LogP) is 5.31. The Morgan fingerprint density at radius 3 is 2.61 bits per heavy atom. The number of carbonyl (C=O) groups excluding carboxylic acids is 1. The molecule has 0 spiro atoms. The Kier molecular flexibility index (Phi) is 9.66. The molecule has 1 atom stereocenters. The van der Waals surface area contributed by atoms with E-state index in [1.807, 2.05) is 6.19 Å². The van der Waals surface area contributed by atoms with Crippen molar-refractivity contribution in [3.05, 3.63) is 59.1 Å². The summed E-state index contributed by atoms with van der Waals surface area (Å²) >= 11 is 5.94. The second-order valence-electron chi connectivity index (χ2n) is 6.76. The lowest BCUT2D eigenvalue weighted by Crippen LogP contribution is -2.46. The quantitative estimate of drug-likeness (QED) is 0.0983. The summed E-state index contributed by atoms with van der Waals surface area (Å²) in [6, 6.07) is 13.4. The van der Waals surface area contributed by atoms with Crippen LogP contribution >= 0.6 is 11.6 Å². The number of ether oxygens (including phenoxy) is 2. The highest BCUT2D eigenvalue weighted by Gasteiger charge is 2.19. The van der Waals surface area contributed by atoms with Crippen molar-refractivity contribution in [2.24, 2.45) is 0 Å². The Hall–Kier alpha value is -3.24. The number of benzene rings is 2. The number of guanidine groups is 1. The van der Waals surface area contributed by atoms with Gasteiger partial charge in [-0.1, -0.05) is 37.4 Å². The second kappa shape index (κ2) is 12.5. The van der Waals surface area contributed by atoms with E-state index in [1.54, 1.807) is 49.4 Å². The molecule has 0 aromatic heterocycles. The zero-order chi connectivity index (χ0) is 22.6. The highest BCUT2D eigenvalue weighted by molar-refractivity contribution is 6.30. The molecular formula is C23H27ClN4O3. The van der Waals surface area contributed by atoms with Crippen molar-refractivity contribution in [1.82, 2.24) is 5.32 Å². The number of anilines is 1. The first kappa shape index (κ1) is 24.0. The van der Waals surface area contributed by atoms with E-state index in [9.17, 15) is 10.1 Å². The summed E-state index contributed by atoms with van der Waals surface area (Å²) in [5.74, 6) is -0.0248. The number of halogens is 1. The molecule has 0 radical (unpaired) electrons. The third-order valence-electron chi connectivity index (χ3n) is 4.40. The molecule has 8 heteroatoms. The predicted molar refractivity (Wildman–Crippen MR) is 121 cm³/mol. The lowest BCUT2D eigenvalue weighted by Gasteiger charge is -2.25. The Bertz CT molecular complexity index is 912. The number of esters is 1. The molecule has 2 rings (SSSR count). The van der Waals surface area contributed by atoms with E-state index in [-0.39, 0.29) is 12.6 Å². The molecule has 0 saturated carbocycles. The third kappa shape index (κ3) is 7.50. The van der Waals surface area contributed by atoms with Crippen molar-refractivity contribution in [3.63, 3.8) is 0 Å². The Morgan fingerprint density at radius 2 is 1.97 bits per heavy atom. The minimum Gasteiger partial charge on any atom is -0.471 e. The molecule has 0 heterocycles. The Morgan fingerprint density at radius 1 is 1.23 bits per heavy atom. The molecule has 0 saturated heterocycles. The highest BCUT2D eigenvalue weighted by atomic mass is 35.5. The van der Waals surface area contributed by atoms with E-state index in [4.69, 9.17) is 26.5 Å². The van der Waals surface area contributed by atoms with Gasteiger partial charge in [0.05, 0.1) is 17.9 Å². The molecule has 2 aromatic rings. The largest absolute Gasteiger partial charge is 0.471 e. The van der Waals surface area contributed by atoms with E-state index in [2.05, 4.69) is 12.2 Å². The van der Waals surface area contributed by atoms with Crippen LogP contribution in [-0.2, 0) is 4.74 Å². The summed E-state index contributed by atoms with van der Waals surface area (Å²) in [5, 5.41) is 21.7. The molecule has 1 unspecified atom stereocenters. The lowest BCUT2D eigenvalue weighted by molar-refractivity contribution is 0.0526. The fraction of sp³-hybridized carbons (Fsp3) is 0.348. The average Bonchev–Trinajstić information content (AvgIpc) is 2.76. The van der Waals surface area contributed by atoms with Crippen LogP contribution < -0.4 is 15.0 Å². The van der Waals surface area contributed by atoms with Gasteiger partial charge in [-0.3, -0.25) is 5.41 Å². The maximum atomic E-state index is 12.0. The maximum Gasteiger partial charge on any atom is 0.338 e. The van der Waals surface area contributed by atoms with E-state index in [0.29, 0.717) is 28.4 Å². The summed E-state index contributed by atoms with van der Waals surface area (Å²) in [5.41, 5.74) is 0.689. The van der Waals surface area contributed by atoms with E-state index in [1.165, 1.54) is 6.07 Å². The first-order valence-electron chi connectivity index (χ1n) is 10.2. The van der Waals surface area contributed by atoms with Gasteiger partial charge in [0.25, 0.3) is 0 Å². The van der Waals surface area contributed by atoms with Crippen LogP contribution in [0, 0.1) is 16.9 Å². The summed E-state index contributed by atoms with van der Waals surface area (Å²) in [6.07, 6.45) is 5.11. The zero-order valence-electron chi connectivity index (χ0n) is 17.7. The second-order valence-corrected chi connectivity index (χ2v) is 7.19. The molecule has 0 bridgehead atoms. The van der Waals surface area contributed by atoms with Crippen LogP contribution in [0.3, 0.4) is 0 Å². The van der Waals surface area contributed by atoms with Gasteiger partial charge in [-0.15, -0.1) is 0 Å². The molecule has 164 valence electrons. The van der Waals surface area contributed by atoms with Crippen LogP contribution in [0.4, 0.5) is 5.69 Å². The number of nitriles is 1. The molecule has 2 aromatic carbocycles. The summed E-state index contributed by atoms with van der Waals surface area (Å²) < 4.78 is 11.0. The van der Waals surface area contributed by atoms with Crippen molar-refractivity contribution < 1.29 is 14.3 Å². The third-order valence-corrected chi connectivity index (χ3v) is 4.65. The van der Waals surface area contributed by atoms with E-state index >= 15 is 0 Å². The van der Waals surface area contributed by atoms with Crippen LogP contribution in [0.25, 0.3) is 0 Å². The van der Waals surface area contributed by atoms with Gasteiger partial charge in [-0.05, 0) is 55.8 Å². The fourth-order valence-electron chi connectivity index (χ4n) is 2.86. The molecule has 7 nitrogen and oxygen atoms in total. The minimum atomic E-state index is -0.510. The normalized spacial score (nSPS) is 11.2. The lowest BCUT2D eigenvalue weighted by atomic mass is 10.2. The molecule has 31 heavy (non-hydrogen) atoms. The topological polar surface area (TPSA) is 98.4 Å². The number of hydrogen-bond donors (Lipinski definition) is 2.